The molecule has 0 aromatic heterocycles. The van der Waals surface area contributed by atoms with Crippen molar-refractivity contribution >= 4 is 22.6 Å². The minimum absolute atomic E-state index is 0.0606. The van der Waals surface area contributed by atoms with Crippen LogP contribution >= 0.6 is 22.6 Å². The predicted molar refractivity (Wildman–Crippen MR) is 225 cm³/mol. The fraction of sp³-hybridized carbons (Fsp3) is 0.118. The molecular weight excluding hydrogens is 739 g/mol. The molecule has 0 amide bonds. The molecule has 0 aliphatic heterocycles. The van der Waals surface area contributed by atoms with Crippen LogP contribution in [0.1, 0.15) is 55.3 Å². The largest absolute Gasteiger partial charge is 0.319 e. The van der Waals surface area contributed by atoms with Gasteiger partial charge in [0, 0.05) is 5.41 Å². The average Bonchev–Trinajstić information content (AvgIpc) is 4.06. The minimum Gasteiger partial charge on any atom is -0.319 e. The highest BCUT2D eigenvalue weighted by atomic mass is 127. The lowest BCUT2D eigenvalue weighted by Gasteiger charge is -2.39. The van der Waals surface area contributed by atoms with Gasteiger partial charge in [0.25, 0.3) is 0 Å². The number of allylic oxidation sites excluding steroid dienone is 8. The second kappa shape index (κ2) is 12.3. The van der Waals surface area contributed by atoms with Gasteiger partial charge in [0.1, 0.15) is 0 Å². The molecule has 1 heteroatoms. The molecule has 0 saturated heterocycles. The summed E-state index contributed by atoms with van der Waals surface area (Å²) in [5.74, 6) is 2.19. The highest BCUT2D eigenvalue weighted by Gasteiger charge is 2.62. The van der Waals surface area contributed by atoms with Crippen LogP contribution < -0.4 is 0 Å². The quantitative estimate of drug-likeness (QED) is 0.106. The van der Waals surface area contributed by atoms with Crippen LogP contribution in [0.15, 0.2) is 194 Å². The molecule has 6 aliphatic rings. The Morgan fingerprint density at radius 3 is 1.12 bits per heavy atom. The summed E-state index contributed by atoms with van der Waals surface area (Å²) in [5, 5.41) is 0. The summed E-state index contributed by atoms with van der Waals surface area (Å²) in [4.78, 5) is 3.22. The number of rotatable bonds is 0. The second-order valence-corrected chi connectivity index (χ2v) is 13.5. The maximum absolute atomic E-state index is 8.96. The summed E-state index contributed by atoms with van der Waals surface area (Å²) in [6.07, 6.45) is 18.9. The minimum atomic E-state index is -2.37. The third-order valence-electron chi connectivity index (χ3n) is 11.6. The second-order valence-electron chi connectivity index (χ2n) is 13.5. The Bertz CT molecular complexity index is 3020. The Morgan fingerprint density at radius 2 is 0.731 bits per heavy atom. The van der Waals surface area contributed by atoms with Gasteiger partial charge in [-0.2, -0.15) is 0 Å². The van der Waals surface area contributed by atoms with Gasteiger partial charge >= 0.3 is 0 Å². The SMILES string of the molecule is C1=CC2C3C=CC=CC3C3(c4ccccc4-c4ccccc43)C2C=C1.[2H]c1c([2H])c([2H])c2c(c1[2H])-c1c([2H])c([2H])c([2H])c([2H])c1C21c2c([2H])c([2H])c([2H])c([2H])c2-c2c([2H])c([2H])c([2H])c([2H])c21.[CH2-]I. The van der Waals surface area contributed by atoms with E-state index in [1.807, 2.05) is 22.6 Å². The van der Waals surface area contributed by atoms with E-state index in [2.05, 4.69) is 102 Å². The fourth-order valence-corrected chi connectivity index (χ4v) is 10.0. The molecule has 6 aromatic rings. The molecule has 12 rings (SSSR count). The van der Waals surface area contributed by atoms with Gasteiger partial charge in [0.15, 0.2) is 0 Å². The Labute approximate surface area is 343 Å². The van der Waals surface area contributed by atoms with Crippen molar-refractivity contribution in [2.75, 3.05) is 0 Å². The van der Waals surface area contributed by atoms with Crippen molar-refractivity contribution in [2.45, 2.75) is 10.8 Å². The third-order valence-corrected chi connectivity index (χ3v) is 11.6. The number of halogens is 1. The van der Waals surface area contributed by atoms with E-state index in [4.69, 9.17) is 21.9 Å². The van der Waals surface area contributed by atoms with Crippen LogP contribution in [-0.2, 0) is 10.8 Å². The van der Waals surface area contributed by atoms with Crippen LogP contribution in [0.25, 0.3) is 33.4 Å². The Kier molecular flexibility index (Phi) is 4.54. The van der Waals surface area contributed by atoms with E-state index in [1.165, 1.54) is 22.3 Å². The van der Waals surface area contributed by atoms with Gasteiger partial charge < -0.3 is 22.6 Å². The first-order valence-corrected chi connectivity index (χ1v) is 18.6. The first kappa shape index (κ1) is 19.2. The van der Waals surface area contributed by atoms with Crippen LogP contribution in [0, 0.1) is 28.6 Å². The Morgan fingerprint density at radius 1 is 0.404 bits per heavy atom. The van der Waals surface area contributed by atoms with Crippen LogP contribution in [0.4, 0.5) is 0 Å². The molecule has 6 aliphatic carbocycles. The first-order valence-electron chi connectivity index (χ1n) is 25.1. The lowest BCUT2D eigenvalue weighted by atomic mass is 9.63. The molecule has 0 N–H and O–H groups in total. The van der Waals surface area contributed by atoms with E-state index in [9.17, 15) is 0 Å². The van der Waals surface area contributed by atoms with Gasteiger partial charge in [0.05, 0.1) is 27.3 Å². The maximum Gasteiger partial charge on any atom is 0.0725 e. The summed E-state index contributed by atoms with van der Waals surface area (Å²) in [6, 6.07) is 6.80. The first-order chi connectivity index (χ1) is 32.5. The van der Waals surface area contributed by atoms with E-state index in [0.29, 0.717) is 23.7 Å². The summed E-state index contributed by atoms with van der Waals surface area (Å²) >= 11 is 1.90. The van der Waals surface area contributed by atoms with Crippen LogP contribution in [-0.4, -0.2) is 0 Å². The van der Waals surface area contributed by atoms with Gasteiger partial charge in [-0.05, 0) is 90.4 Å². The van der Waals surface area contributed by atoms with E-state index >= 15 is 0 Å². The van der Waals surface area contributed by atoms with Gasteiger partial charge in [-0.1, -0.05) is 194 Å². The van der Waals surface area contributed by atoms with Crippen molar-refractivity contribution in [3.63, 3.8) is 0 Å². The van der Waals surface area contributed by atoms with Crippen molar-refractivity contribution in [1.29, 1.82) is 0 Å². The molecule has 6 aromatic carbocycles. The van der Waals surface area contributed by atoms with Gasteiger partial charge in [-0.25, -0.2) is 0 Å². The van der Waals surface area contributed by atoms with Crippen LogP contribution in [0.5, 0.6) is 0 Å². The van der Waals surface area contributed by atoms with Crippen molar-refractivity contribution in [1.82, 2.24) is 0 Å². The molecule has 0 radical (unpaired) electrons. The smallest absolute Gasteiger partial charge is 0.0725 e. The predicted octanol–water partition coefficient (Wildman–Crippen LogP) is 12.9. The zero-order chi connectivity index (χ0) is 48.8. The third kappa shape index (κ3) is 4.03. The number of fused-ring (bicyclic) bond motifs is 20. The summed E-state index contributed by atoms with van der Waals surface area (Å²) in [6.45, 7) is 0. The van der Waals surface area contributed by atoms with E-state index in [-0.39, 0.29) is 49.9 Å². The summed E-state index contributed by atoms with van der Waals surface area (Å²) in [7, 11) is 0. The van der Waals surface area contributed by atoms with Crippen molar-refractivity contribution in [2.24, 2.45) is 23.7 Å². The average molecular weight is 794 g/mol. The number of benzene rings is 6. The van der Waals surface area contributed by atoms with Crippen molar-refractivity contribution in [3.05, 3.63) is 232 Å². The van der Waals surface area contributed by atoms with Gasteiger partial charge in [-0.15, -0.1) is 0 Å². The number of hydrogen-bond donors (Lipinski definition) is 0. The van der Waals surface area contributed by atoms with Crippen LogP contribution in [0.3, 0.4) is 0 Å². The zero-order valence-electron chi connectivity index (χ0n) is 43.6. The molecule has 2 spiro atoms. The molecular formula is C51H38I-. The monoisotopic (exact) mass is 793 g/mol. The molecule has 0 heterocycles. The lowest BCUT2D eigenvalue weighted by Crippen LogP contribution is -2.37. The highest BCUT2D eigenvalue weighted by molar-refractivity contribution is 14.1. The van der Waals surface area contributed by atoms with Gasteiger partial charge in [0.2, 0.25) is 0 Å². The van der Waals surface area contributed by atoms with E-state index < -0.39 is 102 Å². The maximum atomic E-state index is 8.96. The molecule has 1 saturated carbocycles. The molecule has 4 atom stereocenters. The molecule has 4 unspecified atom stereocenters. The van der Waals surface area contributed by atoms with Crippen LogP contribution in [0.2, 0.25) is 0 Å². The highest BCUT2D eigenvalue weighted by Crippen LogP contribution is 2.67. The molecule has 0 bridgehead atoms. The molecule has 250 valence electrons. The molecule has 52 heavy (non-hydrogen) atoms. The summed E-state index contributed by atoms with van der Waals surface area (Å²) < 4.78 is 138. The zero-order valence-corrected chi connectivity index (χ0v) is 29.8. The fourth-order valence-electron chi connectivity index (χ4n) is 10.0. The standard InChI is InChI=1S/C25H20.C25H16.CH2I/c2*1-5-13-21-17(9-1)18-10-2-6-14-22(18)25(21)23-15-7-3-11-19(23)20-12-4-8-16-24(20)25;1-2/h1-18,21-22H;1-16H;1H2/q;;-1/i;1D,2D,3D,4D,5D,6D,7D,8D,9D,10D,11D,12D,13D,14D,15D,16D;. The molecule has 0 nitrogen and oxygen atoms in total. The molecule has 1 fully saturated rings. The lowest BCUT2D eigenvalue weighted by molar-refractivity contribution is 0.371. The van der Waals surface area contributed by atoms with Crippen molar-refractivity contribution < 1.29 is 21.9 Å². The topological polar surface area (TPSA) is 0 Å². The van der Waals surface area contributed by atoms with Gasteiger partial charge in [-0.3, -0.25) is 4.93 Å². The number of hydrogen-bond acceptors (Lipinski definition) is 0. The Hall–Kier alpha value is -4.99. The summed E-state index contributed by atoms with van der Waals surface area (Å²) in [5.41, 5.74) is 0.771. The Balaban J connectivity index is 0.000000169. The normalized spacial score (nSPS) is 26.7. The van der Waals surface area contributed by atoms with E-state index in [1.54, 1.807) is 0 Å². The van der Waals surface area contributed by atoms with E-state index in [0.717, 1.165) is 0 Å². The van der Waals surface area contributed by atoms with Crippen molar-refractivity contribution in [3.8, 4) is 33.4 Å².